The molecule has 21 heavy (non-hydrogen) atoms. The van der Waals surface area contributed by atoms with Gasteiger partial charge in [0.25, 0.3) is 0 Å². The van der Waals surface area contributed by atoms with Gasteiger partial charge in [-0.15, -0.1) is 0 Å². The molecule has 7 heteroatoms. The number of hydrogen-bond donors (Lipinski definition) is 0. The van der Waals surface area contributed by atoms with E-state index in [1.807, 2.05) is 12.1 Å². The number of nitrogens with zero attached hydrogens (tertiary/aromatic N) is 2. The van der Waals surface area contributed by atoms with E-state index in [4.69, 9.17) is 20.0 Å². The number of alkyl halides is 1. The van der Waals surface area contributed by atoms with Crippen LogP contribution in [0, 0.1) is 22.7 Å². The molecule has 0 fully saturated rings. The van der Waals surface area contributed by atoms with Gasteiger partial charge in [0.15, 0.2) is 0 Å². The highest BCUT2D eigenvalue weighted by molar-refractivity contribution is 6.03. The molecule has 6 nitrogen and oxygen atoms in total. The first kappa shape index (κ1) is 18.9. The minimum absolute atomic E-state index is 0.122. The summed E-state index contributed by atoms with van der Waals surface area (Å²) in [6, 6.07) is 3.73. The first-order valence-electron chi connectivity index (χ1n) is 6.80. The third-order valence-corrected chi connectivity index (χ3v) is 2.57. The zero-order chi connectivity index (χ0) is 16.1. The van der Waals surface area contributed by atoms with Crippen molar-refractivity contribution in [1.82, 2.24) is 0 Å². The van der Waals surface area contributed by atoms with Gasteiger partial charge in [0.2, 0.25) is 0 Å². The summed E-state index contributed by atoms with van der Waals surface area (Å²) in [5, 5.41) is 16.7. The van der Waals surface area contributed by atoms with Crippen molar-refractivity contribution in [3.05, 3.63) is 0 Å². The van der Waals surface area contributed by atoms with Crippen molar-refractivity contribution in [2.75, 3.05) is 13.2 Å². The second-order valence-corrected chi connectivity index (χ2v) is 4.35. The average molecular weight is 298 g/mol. The fourth-order valence-electron chi connectivity index (χ4n) is 1.49. The van der Waals surface area contributed by atoms with Gasteiger partial charge in [0.1, 0.15) is 0 Å². The van der Waals surface area contributed by atoms with Crippen molar-refractivity contribution < 1.29 is 23.5 Å². The standard InChI is InChI=1S/C14H19FN2O4/c1-2-7-14(15,12(18)20-10-5-3-8-16)13(19)21-11-6-4-9-17/h2-7,10-11H2,1H3. The Bertz CT molecular complexity index is 392. The molecule has 0 aliphatic carbocycles. The predicted octanol–water partition coefficient (Wildman–Crippen LogP) is 2.19. The van der Waals surface area contributed by atoms with Crippen LogP contribution in [0.25, 0.3) is 0 Å². The summed E-state index contributed by atoms with van der Waals surface area (Å²) in [6.07, 6.45) is 0.847. The van der Waals surface area contributed by atoms with E-state index in [-0.39, 0.29) is 51.7 Å². The summed E-state index contributed by atoms with van der Waals surface area (Å²) in [7, 11) is 0. The molecule has 0 bridgehead atoms. The Kier molecular flexibility index (Phi) is 9.53. The Balaban J connectivity index is 4.51. The van der Waals surface area contributed by atoms with Gasteiger partial charge in [-0.05, 0) is 12.8 Å². The first-order chi connectivity index (χ1) is 10.0. The molecule has 0 saturated carbocycles. The molecule has 116 valence electrons. The van der Waals surface area contributed by atoms with Gasteiger partial charge in [-0.2, -0.15) is 10.5 Å². The third kappa shape index (κ3) is 6.71. The van der Waals surface area contributed by atoms with Crippen LogP contribution in [0.5, 0.6) is 0 Å². The van der Waals surface area contributed by atoms with E-state index in [0.717, 1.165) is 0 Å². The largest absolute Gasteiger partial charge is 0.463 e. The van der Waals surface area contributed by atoms with Crippen LogP contribution in [0.4, 0.5) is 4.39 Å². The molecule has 0 aromatic heterocycles. The Morgan fingerprint density at radius 3 is 1.81 bits per heavy atom. The Morgan fingerprint density at radius 1 is 1.05 bits per heavy atom. The van der Waals surface area contributed by atoms with Crippen molar-refractivity contribution in [2.45, 2.75) is 51.1 Å². The second kappa shape index (κ2) is 10.6. The predicted molar refractivity (Wildman–Crippen MR) is 70.4 cm³/mol. The van der Waals surface area contributed by atoms with E-state index in [1.165, 1.54) is 0 Å². The Hall–Kier alpha value is -2.15. The number of esters is 2. The minimum Gasteiger partial charge on any atom is -0.463 e. The molecule has 0 radical (unpaired) electrons. The molecule has 0 aromatic rings. The lowest BCUT2D eigenvalue weighted by molar-refractivity contribution is -0.175. The number of unbranched alkanes of at least 4 members (excludes halogenated alkanes) is 2. The van der Waals surface area contributed by atoms with Crippen molar-refractivity contribution in [3.63, 3.8) is 0 Å². The highest BCUT2D eigenvalue weighted by Gasteiger charge is 2.49. The van der Waals surface area contributed by atoms with Gasteiger partial charge in [-0.3, -0.25) is 0 Å². The zero-order valence-electron chi connectivity index (χ0n) is 12.1. The number of ether oxygens (including phenoxy) is 2. The van der Waals surface area contributed by atoms with Crippen molar-refractivity contribution in [2.24, 2.45) is 0 Å². The smallest absolute Gasteiger partial charge is 0.355 e. The molecule has 0 aliphatic heterocycles. The minimum atomic E-state index is -2.83. The molecule has 0 saturated heterocycles. The van der Waals surface area contributed by atoms with Gasteiger partial charge in [0.05, 0.1) is 25.4 Å². The fourth-order valence-corrected chi connectivity index (χ4v) is 1.49. The topological polar surface area (TPSA) is 100 Å². The summed E-state index contributed by atoms with van der Waals surface area (Å²) in [6.45, 7) is 1.38. The lowest BCUT2D eigenvalue weighted by Gasteiger charge is -2.21. The van der Waals surface area contributed by atoms with E-state index >= 15 is 0 Å². The lowest BCUT2D eigenvalue weighted by Crippen LogP contribution is -2.45. The molecular weight excluding hydrogens is 279 g/mol. The molecule has 0 aromatic carbocycles. The maximum absolute atomic E-state index is 14.5. The van der Waals surface area contributed by atoms with Gasteiger partial charge >= 0.3 is 17.6 Å². The van der Waals surface area contributed by atoms with Crippen molar-refractivity contribution >= 4 is 11.9 Å². The Morgan fingerprint density at radius 2 is 1.48 bits per heavy atom. The maximum Gasteiger partial charge on any atom is 0.355 e. The number of rotatable bonds is 10. The summed E-state index contributed by atoms with van der Waals surface area (Å²) >= 11 is 0. The summed E-state index contributed by atoms with van der Waals surface area (Å²) in [5.41, 5.74) is -2.83. The highest BCUT2D eigenvalue weighted by atomic mass is 19.1. The normalized spacial score (nSPS) is 10.3. The average Bonchev–Trinajstić information content (AvgIpc) is 2.47. The maximum atomic E-state index is 14.5. The first-order valence-corrected chi connectivity index (χ1v) is 6.80. The lowest BCUT2D eigenvalue weighted by atomic mass is 10.0. The molecule has 0 atom stereocenters. The van der Waals surface area contributed by atoms with E-state index in [2.05, 4.69) is 0 Å². The van der Waals surface area contributed by atoms with Crippen LogP contribution in [-0.2, 0) is 19.1 Å². The Labute approximate surface area is 123 Å². The van der Waals surface area contributed by atoms with Gasteiger partial charge in [-0.1, -0.05) is 13.3 Å². The van der Waals surface area contributed by atoms with Gasteiger partial charge < -0.3 is 9.47 Å². The zero-order valence-corrected chi connectivity index (χ0v) is 12.1. The summed E-state index contributed by atoms with van der Waals surface area (Å²) in [4.78, 5) is 23.4. The number of halogens is 1. The molecule has 0 amide bonds. The van der Waals surface area contributed by atoms with Crippen LogP contribution < -0.4 is 0 Å². The number of carbonyl (C=O) groups excluding carboxylic acids is 2. The number of hydrogen-bond acceptors (Lipinski definition) is 6. The van der Waals surface area contributed by atoms with Crippen LogP contribution >= 0.6 is 0 Å². The molecular formula is C14H19FN2O4. The molecule has 0 spiro atoms. The van der Waals surface area contributed by atoms with Crippen molar-refractivity contribution in [1.29, 1.82) is 10.5 Å². The molecule has 0 N–H and O–H groups in total. The van der Waals surface area contributed by atoms with Crippen LogP contribution in [0.15, 0.2) is 0 Å². The number of nitriles is 2. The van der Waals surface area contributed by atoms with E-state index < -0.39 is 17.6 Å². The van der Waals surface area contributed by atoms with E-state index in [0.29, 0.717) is 0 Å². The SMILES string of the molecule is CCCC(F)(C(=O)OCCCC#N)C(=O)OCCCC#N. The molecule has 0 heterocycles. The molecule has 0 unspecified atom stereocenters. The van der Waals surface area contributed by atoms with Crippen LogP contribution in [0.2, 0.25) is 0 Å². The third-order valence-electron chi connectivity index (χ3n) is 2.57. The highest BCUT2D eigenvalue weighted by Crippen LogP contribution is 2.23. The summed E-state index contributed by atoms with van der Waals surface area (Å²) < 4.78 is 23.9. The van der Waals surface area contributed by atoms with E-state index in [9.17, 15) is 14.0 Å². The number of carbonyl (C=O) groups is 2. The monoisotopic (exact) mass is 298 g/mol. The van der Waals surface area contributed by atoms with Gasteiger partial charge in [-0.25, -0.2) is 14.0 Å². The van der Waals surface area contributed by atoms with Crippen molar-refractivity contribution in [3.8, 4) is 12.1 Å². The van der Waals surface area contributed by atoms with Crippen LogP contribution in [0.1, 0.15) is 45.4 Å². The van der Waals surface area contributed by atoms with Crippen LogP contribution in [0.3, 0.4) is 0 Å². The van der Waals surface area contributed by atoms with Crippen LogP contribution in [-0.4, -0.2) is 30.8 Å². The van der Waals surface area contributed by atoms with Gasteiger partial charge in [0, 0.05) is 19.3 Å². The summed E-state index contributed by atoms with van der Waals surface area (Å²) in [5.74, 6) is -2.57. The molecule has 0 rings (SSSR count). The quantitative estimate of drug-likeness (QED) is 0.348. The second-order valence-electron chi connectivity index (χ2n) is 4.35. The van der Waals surface area contributed by atoms with E-state index in [1.54, 1.807) is 6.92 Å². The molecule has 0 aliphatic rings. The fraction of sp³-hybridized carbons (Fsp3) is 0.714.